The van der Waals surface area contributed by atoms with Gasteiger partial charge in [0.1, 0.15) is 6.10 Å². The third kappa shape index (κ3) is 6.23. The van der Waals surface area contributed by atoms with E-state index in [0.717, 1.165) is 12.0 Å². The highest BCUT2D eigenvalue weighted by atomic mass is 16.5. The summed E-state index contributed by atoms with van der Waals surface area (Å²) in [6, 6.07) is 12.2. The molecule has 2 heterocycles. The molecule has 1 aromatic carbocycles. The number of hydrogen-bond donors (Lipinski definition) is 3. The Balaban J connectivity index is 1.47. The van der Waals surface area contributed by atoms with E-state index in [2.05, 4.69) is 15.6 Å². The van der Waals surface area contributed by atoms with Crippen molar-refractivity contribution in [3.05, 3.63) is 78.1 Å². The molecule has 0 aliphatic carbocycles. The van der Waals surface area contributed by atoms with Gasteiger partial charge in [0.05, 0.1) is 25.2 Å². The van der Waals surface area contributed by atoms with Crippen LogP contribution in [0.15, 0.2) is 67.0 Å². The fourth-order valence-corrected chi connectivity index (χ4v) is 3.11. The molecule has 0 fully saturated rings. The lowest BCUT2D eigenvalue weighted by Crippen LogP contribution is -2.49. The van der Waals surface area contributed by atoms with E-state index in [4.69, 9.17) is 4.74 Å². The summed E-state index contributed by atoms with van der Waals surface area (Å²) in [7, 11) is 0. The van der Waals surface area contributed by atoms with E-state index in [0.29, 0.717) is 12.1 Å². The molecule has 0 saturated heterocycles. The number of amides is 2. The first-order chi connectivity index (χ1) is 14.2. The predicted octanol–water partition coefficient (Wildman–Crippen LogP) is 1.24. The van der Waals surface area contributed by atoms with Gasteiger partial charge in [-0.15, -0.1) is 0 Å². The van der Waals surface area contributed by atoms with Crippen LogP contribution >= 0.6 is 0 Å². The molecule has 3 atom stereocenters. The maximum atomic E-state index is 12.3. The lowest BCUT2D eigenvalue weighted by molar-refractivity contribution is -0.125. The summed E-state index contributed by atoms with van der Waals surface area (Å²) in [6.07, 6.45) is 6.80. The number of aliphatic hydroxyl groups is 1. The summed E-state index contributed by atoms with van der Waals surface area (Å²) < 4.78 is 5.80. The van der Waals surface area contributed by atoms with E-state index < -0.39 is 18.2 Å². The zero-order chi connectivity index (χ0) is 20.5. The first-order valence-electron chi connectivity index (χ1n) is 9.62. The van der Waals surface area contributed by atoms with Crippen molar-refractivity contribution in [2.24, 2.45) is 0 Å². The number of hydrogen-bond acceptors (Lipinski definition) is 5. The molecule has 1 aliphatic rings. The van der Waals surface area contributed by atoms with Gasteiger partial charge in [0, 0.05) is 24.5 Å². The second-order valence-electron chi connectivity index (χ2n) is 6.81. The summed E-state index contributed by atoms with van der Waals surface area (Å²) in [4.78, 5) is 28.5. The maximum absolute atomic E-state index is 12.3. The zero-order valence-electron chi connectivity index (χ0n) is 16.0. The number of ether oxygens (including phenoxy) is 1. The third-order valence-electron chi connectivity index (χ3n) is 4.67. The number of nitrogens with one attached hydrogen (secondary N) is 2. The van der Waals surface area contributed by atoms with Crippen molar-refractivity contribution >= 4 is 11.8 Å². The SMILES string of the molecule is O=C(C[C@H]1C=C[C@H](NC(=O)c2ccccc2)[C@@H](CO)O1)NCCc1ccncc1. The lowest BCUT2D eigenvalue weighted by Gasteiger charge is -2.31. The Morgan fingerprint density at radius 3 is 2.55 bits per heavy atom. The molecule has 3 N–H and O–H groups in total. The molecule has 2 aromatic rings. The third-order valence-corrected chi connectivity index (χ3v) is 4.67. The van der Waals surface area contributed by atoms with Crippen LogP contribution in [0, 0.1) is 0 Å². The molecule has 1 aromatic heterocycles. The van der Waals surface area contributed by atoms with Crippen LogP contribution in [-0.2, 0) is 16.0 Å². The van der Waals surface area contributed by atoms with E-state index in [9.17, 15) is 14.7 Å². The Hall–Kier alpha value is -3.03. The van der Waals surface area contributed by atoms with Gasteiger partial charge >= 0.3 is 0 Å². The van der Waals surface area contributed by atoms with E-state index in [1.807, 2.05) is 18.2 Å². The van der Waals surface area contributed by atoms with Crippen molar-refractivity contribution in [2.45, 2.75) is 31.1 Å². The largest absolute Gasteiger partial charge is 0.394 e. The van der Waals surface area contributed by atoms with Gasteiger partial charge in [0.25, 0.3) is 5.91 Å². The zero-order valence-corrected chi connectivity index (χ0v) is 16.0. The Morgan fingerprint density at radius 2 is 1.83 bits per heavy atom. The van der Waals surface area contributed by atoms with Gasteiger partial charge < -0.3 is 20.5 Å². The second-order valence-corrected chi connectivity index (χ2v) is 6.81. The van der Waals surface area contributed by atoms with Crippen molar-refractivity contribution < 1.29 is 19.4 Å². The topological polar surface area (TPSA) is 101 Å². The average molecular weight is 395 g/mol. The molecule has 0 saturated carbocycles. The Labute approximate surface area is 169 Å². The van der Waals surface area contributed by atoms with Gasteiger partial charge in [-0.05, 0) is 36.2 Å². The molecular weight excluding hydrogens is 370 g/mol. The Morgan fingerprint density at radius 1 is 1.07 bits per heavy atom. The van der Waals surface area contributed by atoms with Crippen LogP contribution in [0.25, 0.3) is 0 Å². The summed E-state index contributed by atoms with van der Waals surface area (Å²) in [5.41, 5.74) is 1.64. The number of benzene rings is 1. The first-order valence-corrected chi connectivity index (χ1v) is 9.62. The van der Waals surface area contributed by atoms with Crippen molar-refractivity contribution in [2.75, 3.05) is 13.2 Å². The molecule has 0 spiro atoms. The van der Waals surface area contributed by atoms with Crippen LogP contribution in [0.5, 0.6) is 0 Å². The van der Waals surface area contributed by atoms with Crippen molar-refractivity contribution in [3.8, 4) is 0 Å². The van der Waals surface area contributed by atoms with E-state index in [1.165, 1.54) is 0 Å². The van der Waals surface area contributed by atoms with Crippen molar-refractivity contribution in [3.63, 3.8) is 0 Å². The Kier molecular flexibility index (Phi) is 7.49. The number of aliphatic hydroxyl groups excluding tert-OH is 1. The summed E-state index contributed by atoms with van der Waals surface area (Å²) in [5.74, 6) is -0.369. The second kappa shape index (κ2) is 10.5. The molecular formula is C22H25N3O4. The highest BCUT2D eigenvalue weighted by Crippen LogP contribution is 2.16. The lowest BCUT2D eigenvalue weighted by atomic mass is 10.0. The number of pyridine rings is 1. The number of carbonyl (C=O) groups is 2. The van der Waals surface area contributed by atoms with Gasteiger partial charge in [0.15, 0.2) is 0 Å². The summed E-state index contributed by atoms with van der Waals surface area (Å²) in [6.45, 7) is 0.267. The van der Waals surface area contributed by atoms with Gasteiger partial charge in [-0.2, -0.15) is 0 Å². The molecule has 3 rings (SSSR count). The fraction of sp³-hybridized carbons (Fsp3) is 0.318. The molecule has 7 nitrogen and oxygen atoms in total. The molecule has 0 radical (unpaired) electrons. The molecule has 0 bridgehead atoms. The molecule has 152 valence electrons. The smallest absolute Gasteiger partial charge is 0.251 e. The maximum Gasteiger partial charge on any atom is 0.251 e. The van der Waals surface area contributed by atoms with Gasteiger partial charge in [0.2, 0.25) is 5.91 Å². The molecule has 1 aliphatic heterocycles. The number of carbonyl (C=O) groups excluding carboxylic acids is 2. The standard InChI is InChI=1S/C22H25N3O4/c26-15-20-19(25-22(28)17-4-2-1-3-5-17)7-6-18(29-20)14-21(27)24-13-10-16-8-11-23-12-9-16/h1-9,11-12,18-20,26H,10,13-15H2,(H,24,27)(H,25,28)/t18-,19+,20-/m1/s1. The van der Waals surface area contributed by atoms with Gasteiger partial charge in [-0.25, -0.2) is 0 Å². The first kappa shape index (κ1) is 20.7. The molecule has 7 heteroatoms. The highest BCUT2D eigenvalue weighted by molar-refractivity contribution is 5.94. The highest BCUT2D eigenvalue weighted by Gasteiger charge is 2.29. The van der Waals surface area contributed by atoms with Crippen LogP contribution in [-0.4, -0.2) is 53.3 Å². The van der Waals surface area contributed by atoms with Gasteiger partial charge in [-0.3, -0.25) is 14.6 Å². The molecule has 29 heavy (non-hydrogen) atoms. The Bertz CT molecular complexity index is 826. The minimum Gasteiger partial charge on any atom is -0.394 e. The average Bonchev–Trinajstić information content (AvgIpc) is 2.76. The minimum absolute atomic E-state index is 0.128. The van der Waals surface area contributed by atoms with Crippen LogP contribution in [0.3, 0.4) is 0 Å². The van der Waals surface area contributed by atoms with Crippen LogP contribution in [0.2, 0.25) is 0 Å². The monoisotopic (exact) mass is 395 g/mol. The van der Waals surface area contributed by atoms with Gasteiger partial charge in [-0.1, -0.05) is 30.4 Å². The number of nitrogens with zero attached hydrogens (tertiary/aromatic N) is 1. The summed E-state index contributed by atoms with van der Waals surface area (Å²) in [5, 5.41) is 15.4. The number of rotatable bonds is 8. The van der Waals surface area contributed by atoms with E-state index in [1.54, 1.807) is 48.8 Å². The minimum atomic E-state index is -0.609. The fourth-order valence-electron chi connectivity index (χ4n) is 3.11. The summed E-state index contributed by atoms with van der Waals surface area (Å²) >= 11 is 0. The molecule has 2 amide bonds. The normalized spacial score (nSPS) is 20.8. The van der Waals surface area contributed by atoms with Crippen molar-refractivity contribution in [1.82, 2.24) is 15.6 Å². The van der Waals surface area contributed by atoms with Crippen LogP contribution in [0.1, 0.15) is 22.3 Å². The molecule has 0 unspecified atom stereocenters. The predicted molar refractivity (Wildman–Crippen MR) is 108 cm³/mol. The van der Waals surface area contributed by atoms with Crippen LogP contribution < -0.4 is 10.6 Å². The van der Waals surface area contributed by atoms with E-state index >= 15 is 0 Å². The number of aromatic nitrogens is 1. The van der Waals surface area contributed by atoms with E-state index in [-0.39, 0.29) is 24.8 Å². The van der Waals surface area contributed by atoms with Crippen LogP contribution in [0.4, 0.5) is 0 Å². The quantitative estimate of drug-likeness (QED) is 0.584. The van der Waals surface area contributed by atoms with Crippen molar-refractivity contribution in [1.29, 1.82) is 0 Å².